The Bertz CT molecular complexity index is 74.5. The zero-order valence-electron chi connectivity index (χ0n) is 4.53. The van der Waals surface area contributed by atoms with Gasteiger partial charge in [-0.25, -0.2) is 0 Å². The molecule has 0 N–H and O–H groups in total. The van der Waals surface area contributed by atoms with Gasteiger partial charge in [-0.1, -0.05) is 55.1 Å². The summed E-state index contributed by atoms with van der Waals surface area (Å²) in [6.07, 6.45) is 3.28. The Labute approximate surface area is 60.1 Å². The van der Waals surface area contributed by atoms with Crippen LogP contribution < -0.4 is 0 Å². The molecule has 0 aromatic heterocycles. The normalized spacial score (nSPS) is 5.75. The van der Waals surface area contributed by atoms with E-state index in [1.807, 2.05) is 0 Å². The van der Waals surface area contributed by atoms with Crippen LogP contribution in [0.4, 0.5) is 0 Å². The summed E-state index contributed by atoms with van der Waals surface area (Å²) in [6, 6.07) is 0. The van der Waals surface area contributed by atoms with Gasteiger partial charge in [-0.05, 0) is 0 Å². The van der Waals surface area contributed by atoms with Crippen LogP contribution in [-0.2, 0) is 0 Å². The lowest BCUT2D eigenvalue weighted by Crippen LogP contribution is -1.24. The average Bonchev–Trinajstić information content (AvgIpc) is 1.65. The number of rotatable bonds is 1. The standard InChI is InChI=1S/C4H6.C2H2Cl2/c1-3-4-2;1-2(3)4/h3-4H,1-2H2;1H2. The van der Waals surface area contributed by atoms with Gasteiger partial charge in [0.1, 0.15) is 0 Å². The third-order valence-electron chi connectivity index (χ3n) is 0.167. The molecule has 0 radical (unpaired) electrons. The first-order chi connectivity index (χ1) is 3.65. The number of halogens is 2. The van der Waals surface area contributed by atoms with E-state index in [2.05, 4.69) is 19.7 Å². The molecule has 0 aliphatic carbocycles. The van der Waals surface area contributed by atoms with E-state index in [1.165, 1.54) is 0 Å². The smallest absolute Gasteiger partial charge is 0.0991 e. The monoisotopic (exact) mass is 150 g/mol. The van der Waals surface area contributed by atoms with Crippen LogP contribution in [0.25, 0.3) is 0 Å². The van der Waals surface area contributed by atoms with Crippen LogP contribution in [-0.4, -0.2) is 0 Å². The summed E-state index contributed by atoms with van der Waals surface area (Å²) in [7, 11) is 0. The molecule has 0 aliphatic rings. The predicted octanol–water partition coefficient (Wildman–Crippen LogP) is 3.29. The maximum Gasteiger partial charge on any atom is 0.0992 e. The van der Waals surface area contributed by atoms with Gasteiger partial charge < -0.3 is 0 Å². The Morgan fingerprint density at radius 3 is 1.25 bits per heavy atom. The van der Waals surface area contributed by atoms with Crippen LogP contribution in [0, 0.1) is 0 Å². The zero-order valence-corrected chi connectivity index (χ0v) is 6.04. The van der Waals surface area contributed by atoms with Crippen molar-refractivity contribution in [3.8, 4) is 0 Å². The van der Waals surface area contributed by atoms with Crippen LogP contribution in [0.5, 0.6) is 0 Å². The van der Waals surface area contributed by atoms with Gasteiger partial charge in [-0.2, -0.15) is 0 Å². The third-order valence-corrected chi connectivity index (χ3v) is 0.167. The van der Waals surface area contributed by atoms with Gasteiger partial charge in [0.15, 0.2) is 0 Å². The molecule has 2 heteroatoms. The van der Waals surface area contributed by atoms with Crippen molar-refractivity contribution in [2.45, 2.75) is 0 Å². The van der Waals surface area contributed by atoms with Crippen LogP contribution in [0.3, 0.4) is 0 Å². The van der Waals surface area contributed by atoms with E-state index in [1.54, 1.807) is 12.2 Å². The second-order valence-electron chi connectivity index (χ2n) is 0.810. The van der Waals surface area contributed by atoms with Gasteiger partial charge in [0.25, 0.3) is 0 Å². The van der Waals surface area contributed by atoms with Crippen molar-refractivity contribution >= 4 is 23.2 Å². The summed E-state index contributed by atoms with van der Waals surface area (Å²) >= 11 is 9.69. The second kappa shape index (κ2) is 9.93. The van der Waals surface area contributed by atoms with Gasteiger partial charge in [0, 0.05) is 0 Å². The summed E-state index contributed by atoms with van der Waals surface area (Å²) in [4.78, 5) is 0. The molecule has 0 atom stereocenters. The molecule has 0 saturated carbocycles. The Balaban J connectivity index is 0. The summed E-state index contributed by atoms with van der Waals surface area (Å²) in [5, 5.41) is 0. The summed E-state index contributed by atoms with van der Waals surface area (Å²) in [6.45, 7) is 9.81. The highest BCUT2D eigenvalue weighted by Crippen LogP contribution is 1.98. The Hall–Kier alpha value is -0.200. The van der Waals surface area contributed by atoms with Crippen molar-refractivity contribution < 1.29 is 0 Å². The molecule has 8 heavy (non-hydrogen) atoms. The largest absolute Gasteiger partial charge is 0.0992 e. The first-order valence-corrected chi connectivity index (χ1v) is 2.64. The van der Waals surface area contributed by atoms with Crippen molar-refractivity contribution in [3.63, 3.8) is 0 Å². The molecule has 0 nitrogen and oxygen atoms in total. The molecule has 0 unspecified atom stereocenters. The number of hydrogen-bond acceptors (Lipinski definition) is 0. The summed E-state index contributed by atoms with van der Waals surface area (Å²) < 4.78 is 0.111. The summed E-state index contributed by atoms with van der Waals surface area (Å²) in [5.41, 5.74) is 0. The van der Waals surface area contributed by atoms with Crippen LogP contribution in [0.15, 0.2) is 36.4 Å². The summed E-state index contributed by atoms with van der Waals surface area (Å²) in [5.74, 6) is 0. The molecule has 0 aromatic carbocycles. The lowest BCUT2D eigenvalue weighted by molar-refractivity contribution is 2.15. The van der Waals surface area contributed by atoms with Crippen LogP contribution in [0.2, 0.25) is 0 Å². The topological polar surface area (TPSA) is 0 Å². The molecule has 0 fully saturated rings. The van der Waals surface area contributed by atoms with Crippen molar-refractivity contribution in [3.05, 3.63) is 36.4 Å². The van der Waals surface area contributed by atoms with Gasteiger partial charge in [0.2, 0.25) is 0 Å². The second-order valence-corrected chi connectivity index (χ2v) is 1.92. The van der Waals surface area contributed by atoms with Crippen molar-refractivity contribution in [2.75, 3.05) is 0 Å². The average molecular weight is 151 g/mol. The van der Waals surface area contributed by atoms with Crippen molar-refractivity contribution in [1.82, 2.24) is 0 Å². The fourth-order valence-corrected chi connectivity index (χ4v) is 0. The molecular weight excluding hydrogens is 143 g/mol. The highest BCUT2D eigenvalue weighted by molar-refractivity contribution is 6.55. The van der Waals surface area contributed by atoms with E-state index in [0.29, 0.717) is 0 Å². The molecule has 0 heterocycles. The molecule has 0 rings (SSSR count). The fraction of sp³-hybridized carbons (Fsp3) is 0. The van der Waals surface area contributed by atoms with Crippen molar-refractivity contribution in [2.24, 2.45) is 0 Å². The van der Waals surface area contributed by atoms with E-state index in [0.717, 1.165) is 0 Å². The zero-order chi connectivity index (χ0) is 6.99. The van der Waals surface area contributed by atoms with Crippen molar-refractivity contribution in [1.29, 1.82) is 0 Å². The number of allylic oxidation sites excluding steroid dienone is 2. The Morgan fingerprint density at radius 1 is 1.12 bits per heavy atom. The van der Waals surface area contributed by atoms with Gasteiger partial charge in [0.05, 0.1) is 4.49 Å². The van der Waals surface area contributed by atoms with E-state index in [9.17, 15) is 0 Å². The highest BCUT2D eigenvalue weighted by Gasteiger charge is 1.60. The molecule has 0 aliphatic heterocycles. The third kappa shape index (κ3) is 209. The molecule has 0 saturated heterocycles. The minimum Gasteiger partial charge on any atom is -0.0991 e. The lowest BCUT2D eigenvalue weighted by atomic mass is 10.6. The SMILES string of the molecule is C=C(Cl)Cl.C=CC=C. The Morgan fingerprint density at radius 2 is 1.25 bits per heavy atom. The molecule has 0 bridgehead atoms. The first-order valence-electron chi connectivity index (χ1n) is 1.88. The minimum atomic E-state index is 0.111. The fourth-order valence-electron chi connectivity index (χ4n) is 0. The van der Waals surface area contributed by atoms with Gasteiger partial charge >= 0.3 is 0 Å². The minimum absolute atomic E-state index is 0.111. The highest BCUT2D eigenvalue weighted by atomic mass is 35.5. The molecule has 0 aromatic rings. The van der Waals surface area contributed by atoms with E-state index in [4.69, 9.17) is 23.2 Å². The van der Waals surface area contributed by atoms with E-state index < -0.39 is 0 Å². The van der Waals surface area contributed by atoms with E-state index in [-0.39, 0.29) is 4.49 Å². The maximum absolute atomic E-state index is 4.85. The molecule has 0 spiro atoms. The van der Waals surface area contributed by atoms with Crippen LogP contribution >= 0.6 is 23.2 Å². The van der Waals surface area contributed by atoms with Gasteiger partial charge in [-0.15, -0.1) is 0 Å². The lowest BCUT2D eigenvalue weighted by Gasteiger charge is -1.57. The van der Waals surface area contributed by atoms with Crippen LogP contribution in [0.1, 0.15) is 0 Å². The maximum atomic E-state index is 4.85. The van der Waals surface area contributed by atoms with E-state index >= 15 is 0 Å². The predicted molar refractivity (Wildman–Crippen MR) is 41.2 cm³/mol. The Kier molecular flexibility index (Phi) is 13.3. The molecule has 0 amide bonds. The molecular formula is C6H8Cl2. The molecule has 46 valence electrons. The quantitative estimate of drug-likeness (QED) is 0.504. The number of hydrogen-bond donors (Lipinski definition) is 0. The first kappa shape index (κ1) is 10.7. The van der Waals surface area contributed by atoms with Gasteiger partial charge in [-0.3, -0.25) is 0 Å².